The number of methoxy groups -OCH3 is 1. The van der Waals surface area contributed by atoms with Crippen molar-refractivity contribution in [1.29, 1.82) is 0 Å². The summed E-state index contributed by atoms with van der Waals surface area (Å²) in [5.74, 6) is -1.34. The van der Waals surface area contributed by atoms with Crippen LogP contribution in [0.4, 0.5) is 27.5 Å². The standard InChI is InChI=1S/C38H41N5O7/c1-26-17-18-27(2)33(19-26)42(4)36(46)25-50-32-16-10-15-31(22-32)43(24-35(45)41(3)30-13-7-6-8-14-30)34(44)23-39-38(48)40-29-12-9-11-28(20-29)21-37(47)49-5/h6-20,22H,21,23-25H2,1-5H3,(H2,39,40,48). The van der Waals surface area contributed by atoms with Crippen molar-refractivity contribution >= 4 is 52.5 Å². The van der Waals surface area contributed by atoms with Crippen LogP contribution in [-0.4, -0.2) is 70.6 Å². The molecule has 0 saturated carbocycles. The maximum absolute atomic E-state index is 13.6. The van der Waals surface area contributed by atoms with Gasteiger partial charge in [0, 0.05) is 42.9 Å². The van der Waals surface area contributed by atoms with Crippen molar-refractivity contribution < 1.29 is 33.4 Å². The molecule has 4 aromatic carbocycles. The summed E-state index contributed by atoms with van der Waals surface area (Å²) in [5.41, 5.74) is 4.76. The predicted octanol–water partition coefficient (Wildman–Crippen LogP) is 4.88. The Bertz CT molecular complexity index is 1850. The molecule has 50 heavy (non-hydrogen) atoms. The molecule has 0 aliphatic heterocycles. The first-order valence-corrected chi connectivity index (χ1v) is 15.8. The van der Waals surface area contributed by atoms with E-state index in [-0.39, 0.29) is 31.4 Å². The topological polar surface area (TPSA) is 138 Å². The van der Waals surface area contributed by atoms with Crippen LogP contribution in [0.15, 0.2) is 97.1 Å². The fraction of sp³-hybridized carbons (Fsp3) is 0.237. The highest BCUT2D eigenvalue weighted by atomic mass is 16.5. The summed E-state index contributed by atoms with van der Waals surface area (Å²) in [4.78, 5) is 68.7. The molecule has 0 fully saturated rings. The maximum atomic E-state index is 13.6. The molecule has 12 heteroatoms. The summed E-state index contributed by atoms with van der Waals surface area (Å²) in [6, 6.07) is 27.3. The first-order chi connectivity index (χ1) is 23.9. The number of carbonyl (C=O) groups is 5. The van der Waals surface area contributed by atoms with Crippen molar-refractivity contribution in [3.63, 3.8) is 0 Å². The van der Waals surface area contributed by atoms with Crippen LogP contribution < -0.4 is 30.1 Å². The van der Waals surface area contributed by atoms with E-state index in [1.807, 2.05) is 38.1 Å². The van der Waals surface area contributed by atoms with Crippen molar-refractivity contribution in [3.8, 4) is 5.75 Å². The lowest BCUT2D eigenvalue weighted by Crippen LogP contribution is -2.46. The van der Waals surface area contributed by atoms with Gasteiger partial charge in [0.05, 0.1) is 20.1 Å². The molecule has 0 aliphatic carbocycles. The summed E-state index contributed by atoms with van der Waals surface area (Å²) in [6.07, 6.45) is 0.0343. The summed E-state index contributed by atoms with van der Waals surface area (Å²) < 4.78 is 10.5. The second-order valence-electron chi connectivity index (χ2n) is 11.6. The third-order valence-electron chi connectivity index (χ3n) is 7.86. The number of likely N-dealkylation sites (N-methyl/N-ethyl adjacent to an activating group) is 2. The Morgan fingerprint density at radius 1 is 0.720 bits per heavy atom. The van der Waals surface area contributed by atoms with Crippen LogP contribution in [0.5, 0.6) is 5.75 Å². The second kappa shape index (κ2) is 17.3. The van der Waals surface area contributed by atoms with Crippen LogP contribution in [0.2, 0.25) is 0 Å². The number of nitrogens with zero attached hydrogens (tertiary/aromatic N) is 3. The third kappa shape index (κ3) is 10.2. The van der Waals surface area contributed by atoms with E-state index < -0.39 is 24.5 Å². The number of hydrogen-bond acceptors (Lipinski definition) is 7. The zero-order chi connectivity index (χ0) is 36.2. The number of amides is 5. The lowest BCUT2D eigenvalue weighted by atomic mass is 10.1. The van der Waals surface area contributed by atoms with Crippen molar-refractivity contribution in [2.45, 2.75) is 20.3 Å². The number of esters is 1. The van der Waals surface area contributed by atoms with Gasteiger partial charge >= 0.3 is 12.0 Å². The van der Waals surface area contributed by atoms with Crippen molar-refractivity contribution in [2.75, 3.05) is 60.9 Å². The Hall–Kier alpha value is -6.17. The van der Waals surface area contributed by atoms with Gasteiger partial charge < -0.3 is 34.8 Å². The van der Waals surface area contributed by atoms with Gasteiger partial charge in [-0.15, -0.1) is 0 Å². The molecule has 0 bridgehead atoms. The number of nitrogens with one attached hydrogen (secondary N) is 2. The van der Waals surface area contributed by atoms with Crippen LogP contribution in [0, 0.1) is 13.8 Å². The summed E-state index contributed by atoms with van der Waals surface area (Å²) >= 11 is 0. The molecule has 4 aromatic rings. The monoisotopic (exact) mass is 679 g/mol. The molecule has 0 radical (unpaired) electrons. The molecule has 0 atom stereocenters. The highest BCUT2D eigenvalue weighted by Crippen LogP contribution is 2.24. The van der Waals surface area contributed by atoms with Crippen LogP contribution >= 0.6 is 0 Å². The van der Waals surface area contributed by atoms with Crippen LogP contribution in [0.3, 0.4) is 0 Å². The highest BCUT2D eigenvalue weighted by Gasteiger charge is 2.23. The second-order valence-corrected chi connectivity index (χ2v) is 11.6. The molecule has 0 heterocycles. The first-order valence-electron chi connectivity index (χ1n) is 15.8. The minimum Gasteiger partial charge on any atom is -0.484 e. The Morgan fingerprint density at radius 2 is 1.44 bits per heavy atom. The minimum atomic E-state index is -0.662. The normalized spacial score (nSPS) is 10.4. The number of ether oxygens (including phenoxy) is 2. The SMILES string of the molecule is COC(=O)Cc1cccc(NC(=O)NCC(=O)N(CC(=O)N(C)c2ccccc2)c2cccc(OCC(=O)N(C)c3cc(C)ccc3C)c2)c1. The minimum absolute atomic E-state index is 0.0343. The Morgan fingerprint density at radius 3 is 2.18 bits per heavy atom. The molecule has 0 spiro atoms. The molecule has 0 aromatic heterocycles. The first kappa shape index (κ1) is 36.7. The van der Waals surface area contributed by atoms with Crippen LogP contribution in [-0.2, 0) is 30.3 Å². The maximum Gasteiger partial charge on any atom is 0.319 e. The number of carbonyl (C=O) groups excluding carboxylic acids is 5. The van der Waals surface area contributed by atoms with Gasteiger partial charge in [0.2, 0.25) is 11.8 Å². The Balaban J connectivity index is 1.47. The van der Waals surface area contributed by atoms with Gasteiger partial charge in [0.25, 0.3) is 5.91 Å². The van der Waals surface area contributed by atoms with Gasteiger partial charge in [-0.2, -0.15) is 0 Å². The molecule has 2 N–H and O–H groups in total. The van der Waals surface area contributed by atoms with Crippen molar-refractivity contribution in [3.05, 3.63) is 114 Å². The number of hydrogen-bond donors (Lipinski definition) is 2. The number of anilines is 4. The number of aryl methyl sites for hydroxylation is 2. The lowest BCUT2D eigenvalue weighted by Gasteiger charge is -2.26. The highest BCUT2D eigenvalue weighted by molar-refractivity contribution is 6.05. The number of rotatable bonds is 13. The zero-order valence-electron chi connectivity index (χ0n) is 28.8. The summed E-state index contributed by atoms with van der Waals surface area (Å²) in [5, 5.41) is 5.19. The third-order valence-corrected chi connectivity index (χ3v) is 7.86. The van der Waals surface area contributed by atoms with E-state index in [0.717, 1.165) is 16.8 Å². The summed E-state index contributed by atoms with van der Waals surface area (Å²) in [6.45, 7) is 2.82. The van der Waals surface area contributed by atoms with Crippen molar-refractivity contribution in [1.82, 2.24) is 5.32 Å². The number of para-hydroxylation sites is 1. The summed E-state index contributed by atoms with van der Waals surface area (Å²) in [7, 11) is 4.59. The molecular formula is C38H41N5O7. The molecule has 12 nitrogen and oxygen atoms in total. The van der Waals surface area contributed by atoms with Gasteiger partial charge in [0.15, 0.2) is 6.61 Å². The van der Waals surface area contributed by atoms with E-state index in [0.29, 0.717) is 28.4 Å². The zero-order valence-corrected chi connectivity index (χ0v) is 28.8. The van der Waals surface area contributed by atoms with E-state index in [4.69, 9.17) is 9.47 Å². The molecule has 0 aliphatic rings. The van der Waals surface area contributed by atoms with Crippen LogP contribution in [0.1, 0.15) is 16.7 Å². The van der Waals surface area contributed by atoms with Gasteiger partial charge in [-0.05, 0) is 73.0 Å². The van der Waals surface area contributed by atoms with Gasteiger partial charge in [-0.1, -0.05) is 48.5 Å². The van der Waals surface area contributed by atoms with E-state index >= 15 is 0 Å². The largest absolute Gasteiger partial charge is 0.484 e. The molecule has 4 rings (SSSR count). The molecule has 260 valence electrons. The molecule has 0 unspecified atom stereocenters. The van der Waals surface area contributed by atoms with Crippen molar-refractivity contribution in [2.24, 2.45) is 0 Å². The number of benzene rings is 4. The Labute approximate surface area is 291 Å². The quantitative estimate of drug-likeness (QED) is 0.192. The average molecular weight is 680 g/mol. The van der Waals surface area contributed by atoms with Gasteiger partial charge in [-0.3, -0.25) is 19.2 Å². The van der Waals surface area contributed by atoms with E-state index in [1.54, 1.807) is 86.9 Å². The molecular weight excluding hydrogens is 638 g/mol. The fourth-order valence-corrected chi connectivity index (χ4v) is 4.98. The Kier molecular flexibility index (Phi) is 12.7. The number of urea groups is 1. The van der Waals surface area contributed by atoms with E-state index in [9.17, 15) is 24.0 Å². The van der Waals surface area contributed by atoms with E-state index in [2.05, 4.69) is 10.6 Å². The average Bonchev–Trinajstić information content (AvgIpc) is 3.12. The smallest absolute Gasteiger partial charge is 0.319 e. The van der Waals surface area contributed by atoms with Crippen LogP contribution in [0.25, 0.3) is 0 Å². The molecule has 0 saturated heterocycles. The fourth-order valence-electron chi connectivity index (χ4n) is 4.98. The lowest BCUT2D eigenvalue weighted by molar-refractivity contribution is -0.139. The van der Waals surface area contributed by atoms with Gasteiger partial charge in [-0.25, -0.2) is 4.79 Å². The molecule has 5 amide bonds. The van der Waals surface area contributed by atoms with E-state index in [1.165, 1.54) is 21.8 Å². The predicted molar refractivity (Wildman–Crippen MR) is 193 cm³/mol. The van der Waals surface area contributed by atoms with Gasteiger partial charge in [0.1, 0.15) is 12.3 Å².